The first-order valence-corrected chi connectivity index (χ1v) is 5.34. The second kappa shape index (κ2) is 5.98. The predicted octanol–water partition coefficient (Wildman–Crippen LogP) is 0.267. The van der Waals surface area contributed by atoms with Gasteiger partial charge in [-0.2, -0.15) is 0 Å². The second-order valence-electron chi connectivity index (χ2n) is 3.80. The van der Waals surface area contributed by atoms with E-state index in [1.54, 1.807) is 0 Å². The van der Waals surface area contributed by atoms with Gasteiger partial charge < -0.3 is 15.8 Å². The summed E-state index contributed by atoms with van der Waals surface area (Å²) in [6, 6.07) is 0.266. The molecule has 0 spiro atoms. The molecular weight excluding hydrogens is 180 g/mol. The number of carbonyl (C=O) groups is 1. The molecular formula is C10H20N2O2. The number of nitrogens with two attached hydrogens (primary N) is 1. The quantitative estimate of drug-likeness (QED) is 0.669. The highest BCUT2D eigenvalue weighted by molar-refractivity contribution is 5.77. The topological polar surface area (TPSA) is 64.3 Å². The van der Waals surface area contributed by atoms with E-state index in [1.165, 1.54) is 6.42 Å². The van der Waals surface area contributed by atoms with Crippen LogP contribution in [-0.2, 0) is 9.53 Å². The molecule has 0 heterocycles. The lowest BCUT2D eigenvalue weighted by Crippen LogP contribution is -2.37. The molecule has 3 N–H and O–H groups in total. The number of hydrogen-bond acceptors (Lipinski definition) is 3. The van der Waals surface area contributed by atoms with E-state index in [4.69, 9.17) is 10.5 Å². The molecule has 4 nitrogen and oxygen atoms in total. The second-order valence-corrected chi connectivity index (χ2v) is 3.80. The minimum absolute atomic E-state index is 0.0362. The van der Waals surface area contributed by atoms with Crippen LogP contribution in [0.25, 0.3) is 0 Å². The van der Waals surface area contributed by atoms with E-state index in [0.29, 0.717) is 19.1 Å². The van der Waals surface area contributed by atoms with E-state index >= 15 is 0 Å². The molecule has 0 aromatic rings. The summed E-state index contributed by atoms with van der Waals surface area (Å²) in [5.41, 5.74) is 5.88. The van der Waals surface area contributed by atoms with Gasteiger partial charge in [0.25, 0.3) is 0 Å². The van der Waals surface area contributed by atoms with Crippen LogP contribution >= 0.6 is 0 Å². The summed E-state index contributed by atoms with van der Waals surface area (Å²) < 4.78 is 4.99. The molecule has 0 aromatic heterocycles. The lowest BCUT2D eigenvalue weighted by molar-refractivity contribution is -0.125. The Bertz CT molecular complexity index is 185. The molecule has 0 saturated heterocycles. The van der Waals surface area contributed by atoms with E-state index in [0.717, 1.165) is 12.8 Å². The number of carbonyl (C=O) groups excluding carboxylic acids is 1. The molecule has 1 saturated carbocycles. The molecule has 0 aromatic carbocycles. The zero-order valence-corrected chi connectivity index (χ0v) is 8.79. The van der Waals surface area contributed by atoms with Crippen molar-refractivity contribution in [1.82, 2.24) is 5.32 Å². The monoisotopic (exact) mass is 200 g/mol. The van der Waals surface area contributed by atoms with Crippen LogP contribution in [0.3, 0.4) is 0 Å². The van der Waals surface area contributed by atoms with Crippen molar-refractivity contribution in [2.75, 3.05) is 19.8 Å². The van der Waals surface area contributed by atoms with Crippen LogP contribution in [0.5, 0.6) is 0 Å². The van der Waals surface area contributed by atoms with Gasteiger partial charge in [-0.25, -0.2) is 0 Å². The summed E-state index contributed by atoms with van der Waals surface area (Å²) in [4.78, 5) is 11.2. The SMILES string of the molecule is CCOCC(=O)NCC1CCCC1N. The lowest BCUT2D eigenvalue weighted by atomic mass is 10.1. The standard InChI is InChI=1S/C10H20N2O2/c1-2-14-7-10(13)12-6-8-4-3-5-9(8)11/h8-9H,2-7,11H2,1H3,(H,12,13). The van der Waals surface area contributed by atoms with Crippen molar-refractivity contribution < 1.29 is 9.53 Å². The van der Waals surface area contributed by atoms with E-state index < -0.39 is 0 Å². The van der Waals surface area contributed by atoms with Gasteiger partial charge >= 0.3 is 0 Å². The summed E-state index contributed by atoms with van der Waals surface area (Å²) in [5, 5.41) is 2.85. The Morgan fingerprint density at radius 3 is 2.93 bits per heavy atom. The van der Waals surface area contributed by atoms with Crippen LogP contribution in [0.4, 0.5) is 0 Å². The van der Waals surface area contributed by atoms with Crippen molar-refractivity contribution in [3.05, 3.63) is 0 Å². The van der Waals surface area contributed by atoms with Gasteiger partial charge in [-0.3, -0.25) is 4.79 Å². The first-order chi connectivity index (χ1) is 6.74. The third kappa shape index (κ3) is 3.64. The molecule has 1 fully saturated rings. The molecule has 4 heteroatoms. The Morgan fingerprint density at radius 2 is 2.36 bits per heavy atom. The van der Waals surface area contributed by atoms with Gasteiger partial charge in [-0.1, -0.05) is 6.42 Å². The lowest BCUT2D eigenvalue weighted by Gasteiger charge is -2.15. The number of amides is 1. The van der Waals surface area contributed by atoms with Crippen LogP contribution in [0, 0.1) is 5.92 Å². The maximum Gasteiger partial charge on any atom is 0.246 e. The van der Waals surface area contributed by atoms with Crippen LogP contribution < -0.4 is 11.1 Å². The molecule has 1 aliphatic rings. The molecule has 2 atom stereocenters. The maximum atomic E-state index is 11.2. The van der Waals surface area contributed by atoms with Gasteiger partial charge in [0.2, 0.25) is 5.91 Å². The first-order valence-electron chi connectivity index (χ1n) is 5.34. The van der Waals surface area contributed by atoms with E-state index in [-0.39, 0.29) is 18.6 Å². The molecule has 2 unspecified atom stereocenters. The Morgan fingerprint density at radius 1 is 1.57 bits per heavy atom. The molecule has 0 aliphatic heterocycles. The highest BCUT2D eigenvalue weighted by Crippen LogP contribution is 2.22. The third-order valence-electron chi connectivity index (χ3n) is 2.72. The van der Waals surface area contributed by atoms with Crippen LogP contribution in [0.1, 0.15) is 26.2 Å². The van der Waals surface area contributed by atoms with Crippen LogP contribution in [0.2, 0.25) is 0 Å². The minimum Gasteiger partial charge on any atom is -0.372 e. The van der Waals surface area contributed by atoms with Crippen molar-refractivity contribution in [1.29, 1.82) is 0 Å². The summed E-state index contributed by atoms with van der Waals surface area (Å²) in [5.74, 6) is 0.423. The summed E-state index contributed by atoms with van der Waals surface area (Å²) in [6.07, 6.45) is 3.41. The van der Waals surface area contributed by atoms with E-state index in [2.05, 4.69) is 5.32 Å². The fraction of sp³-hybridized carbons (Fsp3) is 0.900. The molecule has 14 heavy (non-hydrogen) atoms. The van der Waals surface area contributed by atoms with Crippen molar-refractivity contribution in [2.24, 2.45) is 11.7 Å². The highest BCUT2D eigenvalue weighted by Gasteiger charge is 2.23. The van der Waals surface area contributed by atoms with Crippen molar-refractivity contribution >= 4 is 5.91 Å². The van der Waals surface area contributed by atoms with E-state index in [1.807, 2.05) is 6.92 Å². The molecule has 1 amide bonds. The van der Waals surface area contributed by atoms with Crippen LogP contribution in [0.15, 0.2) is 0 Å². The van der Waals surface area contributed by atoms with Gasteiger partial charge in [0.05, 0.1) is 0 Å². The first kappa shape index (κ1) is 11.5. The fourth-order valence-corrected chi connectivity index (χ4v) is 1.81. The summed E-state index contributed by atoms with van der Waals surface area (Å²) in [7, 11) is 0. The Balaban J connectivity index is 2.10. The minimum atomic E-state index is -0.0362. The van der Waals surface area contributed by atoms with Gasteiger partial charge in [0.1, 0.15) is 6.61 Å². The zero-order valence-electron chi connectivity index (χ0n) is 8.79. The van der Waals surface area contributed by atoms with E-state index in [9.17, 15) is 4.79 Å². The van der Waals surface area contributed by atoms with Crippen molar-refractivity contribution in [2.45, 2.75) is 32.2 Å². The van der Waals surface area contributed by atoms with Gasteiger partial charge in [-0.05, 0) is 25.7 Å². The van der Waals surface area contributed by atoms with Crippen LogP contribution in [-0.4, -0.2) is 31.7 Å². The molecule has 1 aliphatic carbocycles. The Labute approximate surface area is 85.2 Å². The van der Waals surface area contributed by atoms with Crippen molar-refractivity contribution in [3.63, 3.8) is 0 Å². The molecule has 1 rings (SSSR count). The number of nitrogens with one attached hydrogen (secondary N) is 1. The van der Waals surface area contributed by atoms with Crippen molar-refractivity contribution in [3.8, 4) is 0 Å². The largest absolute Gasteiger partial charge is 0.372 e. The number of rotatable bonds is 5. The Hall–Kier alpha value is -0.610. The van der Waals surface area contributed by atoms with Gasteiger partial charge in [-0.15, -0.1) is 0 Å². The Kier molecular flexibility index (Phi) is 4.90. The zero-order chi connectivity index (χ0) is 10.4. The number of ether oxygens (including phenoxy) is 1. The predicted molar refractivity (Wildman–Crippen MR) is 54.8 cm³/mol. The number of hydrogen-bond donors (Lipinski definition) is 2. The summed E-state index contributed by atoms with van der Waals surface area (Å²) in [6.45, 7) is 3.32. The smallest absolute Gasteiger partial charge is 0.246 e. The van der Waals surface area contributed by atoms with Gasteiger partial charge in [0.15, 0.2) is 0 Å². The average molecular weight is 200 g/mol. The fourth-order valence-electron chi connectivity index (χ4n) is 1.81. The third-order valence-corrected chi connectivity index (χ3v) is 2.72. The summed E-state index contributed by atoms with van der Waals surface area (Å²) >= 11 is 0. The highest BCUT2D eigenvalue weighted by atomic mass is 16.5. The molecule has 0 bridgehead atoms. The molecule has 0 radical (unpaired) electrons. The average Bonchev–Trinajstić information content (AvgIpc) is 2.58. The van der Waals surface area contributed by atoms with Gasteiger partial charge in [0, 0.05) is 19.2 Å². The maximum absolute atomic E-state index is 11.2. The molecule has 82 valence electrons. The normalized spacial score (nSPS) is 26.4.